The van der Waals surface area contributed by atoms with E-state index in [-0.39, 0.29) is 29.4 Å². The quantitative estimate of drug-likeness (QED) is 0.242. The fraction of sp³-hybridized carbons (Fsp3) is 0.500. The van der Waals surface area contributed by atoms with Crippen molar-refractivity contribution in [2.24, 2.45) is 5.73 Å². The summed E-state index contributed by atoms with van der Waals surface area (Å²) in [5, 5.41) is 29.3. The van der Waals surface area contributed by atoms with E-state index in [1.54, 1.807) is 6.07 Å². The van der Waals surface area contributed by atoms with Gasteiger partial charge in [0.05, 0.1) is 18.2 Å². The zero-order chi connectivity index (χ0) is 27.0. The van der Waals surface area contributed by atoms with Gasteiger partial charge in [-0.15, -0.1) is 0 Å². The largest absolute Gasteiger partial charge is 0.506 e. The van der Waals surface area contributed by atoms with Crippen molar-refractivity contribution >= 4 is 17.6 Å². The second kappa shape index (κ2) is 12.9. The Balaban J connectivity index is 1.49. The Hall–Kier alpha value is -3.14. The van der Waals surface area contributed by atoms with Gasteiger partial charge in [0.25, 0.3) is 0 Å². The number of primary amides is 1. The van der Waals surface area contributed by atoms with Crippen LogP contribution in [0.3, 0.4) is 0 Å². The van der Waals surface area contributed by atoms with Gasteiger partial charge in [-0.1, -0.05) is 30.3 Å². The highest BCUT2D eigenvalue weighted by molar-refractivity contribution is 5.89. The van der Waals surface area contributed by atoms with Gasteiger partial charge in [0.15, 0.2) is 0 Å². The molecule has 2 aromatic rings. The number of amides is 3. The number of phenolic OH excluding ortho intramolecular Hbond substituents is 1. The molecule has 3 rings (SSSR count). The lowest BCUT2D eigenvalue weighted by molar-refractivity contribution is -0.120. The van der Waals surface area contributed by atoms with Crippen LogP contribution in [0.4, 0.5) is 10.5 Å². The van der Waals surface area contributed by atoms with Crippen molar-refractivity contribution in [1.29, 1.82) is 0 Å². The standard InChI is InChI=1S/C28H41N5O4/c1-28(2,31-18-25(35)21-9-10-24(34)23(16-21)32-27(29)37)17-20-7-4-6-19(14-20)15-26(36)30-12-11-22-8-5-13-33(22)3/h4,6-7,9-10,14,16,22,25,31,34-35H,5,8,11-13,15,17-18H2,1-3H3,(H,30,36)(H3,29,32,37)/t22?,25-/m0/s1. The molecular formula is C28H41N5O4. The van der Waals surface area contributed by atoms with Crippen molar-refractivity contribution in [1.82, 2.24) is 15.5 Å². The van der Waals surface area contributed by atoms with Gasteiger partial charge in [-0.2, -0.15) is 0 Å². The molecule has 1 aliphatic heterocycles. The predicted octanol–water partition coefficient (Wildman–Crippen LogP) is 2.67. The number of benzene rings is 2. The number of hydrogen-bond donors (Lipinski definition) is 6. The molecule has 202 valence electrons. The molecule has 2 aromatic carbocycles. The van der Waals surface area contributed by atoms with Crippen LogP contribution < -0.4 is 21.7 Å². The number of aliphatic hydroxyl groups excluding tert-OH is 1. The van der Waals surface area contributed by atoms with Crippen LogP contribution >= 0.6 is 0 Å². The molecule has 1 unspecified atom stereocenters. The molecule has 1 saturated heterocycles. The van der Waals surface area contributed by atoms with E-state index in [1.165, 1.54) is 25.0 Å². The molecule has 3 amide bonds. The molecule has 9 heteroatoms. The molecule has 7 N–H and O–H groups in total. The summed E-state index contributed by atoms with van der Waals surface area (Å²) < 4.78 is 0. The van der Waals surface area contributed by atoms with Crippen molar-refractivity contribution in [3.63, 3.8) is 0 Å². The zero-order valence-corrected chi connectivity index (χ0v) is 22.1. The van der Waals surface area contributed by atoms with Gasteiger partial charge in [0, 0.05) is 24.7 Å². The fourth-order valence-corrected chi connectivity index (χ4v) is 4.88. The number of nitrogens with two attached hydrogens (primary N) is 1. The van der Waals surface area contributed by atoms with Crippen LogP contribution in [0.1, 0.15) is 55.9 Å². The summed E-state index contributed by atoms with van der Waals surface area (Å²) in [5.41, 5.74) is 7.56. The van der Waals surface area contributed by atoms with E-state index in [9.17, 15) is 19.8 Å². The van der Waals surface area contributed by atoms with Crippen molar-refractivity contribution in [2.75, 3.05) is 32.0 Å². The normalized spacial score (nSPS) is 16.9. The van der Waals surface area contributed by atoms with Gasteiger partial charge >= 0.3 is 6.03 Å². The number of hydrogen-bond acceptors (Lipinski definition) is 6. The van der Waals surface area contributed by atoms with E-state index >= 15 is 0 Å². The Labute approximate surface area is 219 Å². The van der Waals surface area contributed by atoms with Crippen molar-refractivity contribution in [2.45, 2.75) is 63.6 Å². The topological polar surface area (TPSA) is 140 Å². The van der Waals surface area contributed by atoms with Crippen molar-refractivity contribution in [3.8, 4) is 5.75 Å². The lowest BCUT2D eigenvalue weighted by Gasteiger charge is -2.28. The van der Waals surface area contributed by atoms with Gasteiger partial charge in [0.1, 0.15) is 5.75 Å². The van der Waals surface area contributed by atoms with Crippen LogP contribution in [-0.2, 0) is 17.6 Å². The molecule has 9 nitrogen and oxygen atoms in total. The maximum atomic E-state index is 12.5. The summed E-state index contributed by atoms with van der Waals surface area (Å²) in [5.74, 6) is -0.0876. The Morgan fingerprint density at radius 2 is 1.95 bits per heavy atom. The second-order valence-electron chi connectivity index (χ2n) is 10.6. The molecule has 0 aliphatic carbocycles. The number of likely N-dealkylation sites (tertiary alicyclic amines) is 1. The first-order valence-electron chi connectivity index (χ1n) is 12.9. The highest BCUT2D eigenvalue weighted by Gasteiger charge is 2.22. The van der Waals surface area contributed by atoms with Gasteiger partial charge in [-0.3, -0.25) is 4.79 Å². The minimum absolute atomic E-state index is 0.0393. The van der Waals surface area contributed by atoms with E-state index < -0.39 is 12.1 Å². The Morgan fingerprint density at radius 3 is 2.65 bits per heavy atom. The Bertz CT molecular complexity index is 1070. The number of carbonyl (C=O) groups is 2. The van der Waals surface area contributed by atoms with Crippen LogP contribution in [0.2, 0.25) is 0 Å². The third kappa shape index (κ3) is 9.03. The molecule has 0 radical (unpaired) electrons. The summed E-state index contributed by atoms with van der Waals surface area (Å²) in [6, 6.07) is 12.3. The van der Waals surface area contributed by atoms with Gasteiger partial charge in [0.2, 0.25) is 5.91 Å². The smallest absolute Gasteiger partial charge is 0.316 e. The average Bonchev–Trinajstić information content (AvgIpc) is 3.23. The number of β-amino-alcohol motifs (C(OH)–C–C–N with tert-alkyl or cyclic N) is 1. The first-order chi connectivity index (χ1) is 17.5. The summed E-state index contributed by atoms with van der Waals surface area (Å²) in [6.07, 6.45) is 3.63. The first-order valence-corrected chi connectivity index (χ1v) is 12.9. The third-order valence-corrected chi connectivity index (χ3v) is 6.91. The number of nitrogens with zero attached hydrogens (tertiary/aromatic N) is 1. The maximum absolute atomic E-state index is 12.5. The van der Waals surface area contributed by atoms with Crippen molar-refractivity contribution < 1.29 is 19.8 Å². The number of phenols is 1. The molecule has 0 saturated carbocycles. The van der Waals surface area contributed by atoms with E-state index in [1.807, 2.05) is 18.2 Å². The first kappa shape index (κ1) is 28.4. The van der Waals surface area contributed by atoms with Gasteiger partial charge in [-0.25, -0.2) is 4.79 Å². The number of urea groups is 1. The fourth-order valence-electron chi connectivity index (χ4n) is 4.88. The number of aromatic hydroxyl groups is 1. The Morgan fingerprint density at radius 1 is 1.19 bits per heavy atom. The Kier molecular flexibility index (Phi) is 9.91. The molecule has 0 spiro atoms. The summed E-state index contributed by atoms with van der Waals surface area (Å²) in [7, 11) is 2.15. The van der Waals surface area contributed by atoms with Crippen LogP contribution in [0, 0.1) is 0 Å². The minimum atomic E-state index is -0.854. The number of nitrogens with one attached hydrogen (secondary N) is 3. The van der Waals surface area contributed by atoms with Crippen LogP contribution in [0.25, 0.3) is 0 Å². The molecule has 0 aromatic heterocycles. The minimum Gasteiger partial charge on any atom is -0.506 e. The van der Waals surface area contributed by atoms with Crippen molar-refractivity contribution in [3.05, 3.63) is 59.2 Å². The molecule has 37 heavy (non-hydrogen) atoms. The predicted molar refractivity (Wildman–Crippen MR) is 145 cm³/mol. The third-order valence-electron chi connectivity index (χ3n) is 6.91. The lowest BCUT2D eigenvalue weighted by atomic mass is 9.93. The monoisotopic (exact) mass is 511 g/mol. The van der Waals surface area contributed by atoms with E-state index in [4.69, 9.17) is 5.73 Å². The van der Waals surface area contributed by atoms with Gasteiger partial charge in [-0.05, 0) is 81.9 Å². The average molecular weight is 512 g/mol. The SMILES string of the molecule is CN1CCCC1CCNC(=O)Cc1cccc(CC(C)(C)NC[C@H](O)c2ccc(O)c(NC(N)=O)c2)c1. The number of anilines is 1. The molecule has 0 bridgehead atoms. The molecular weight excluding hydrogens is 470 g/mol. The summed E-state index contributed by atoms with van der Waals surface area (Å²) >= 11 is 0. The number of aliphatic hydroxyl groups is 1. The second-order valence-corrected chi connectivity index (χ2v) is 10.6. The summed E-state index contributed by atoms with van der Waals surface area (Å²) in [4.78, 5) is 26.0. The number of carbonyl (C=O) groups excluding carboxylic acids is 2. The molecule has 1 aliphatic rings. The lowest BCUT2D eigenvalue weighted by Crippen LogP contribution is -2.43. The molecule has 1 heterocycles. The molecule has 2 atom stereocenters. The summed E-state index contributed by atoms with van der Waals surface area (Å²) in [6.45, 7) is 6.22. The van der Waals surface area contributed by atoms with Crippen LogP contribution in [0.5, 0.6) is 5.75 Å². The van der Waals surface area contributed by atoms with Gasteiger partial charge < -0.3 is 36.8 Å². The van der Waals surface area contributed by atoms with Crippen LogP contribution in [-0.4, -0.2) is 65.3 Å². The van der Waals surface area contributed by atoms with E-state index in [0.717, 1.165) is 24.1 Å². The number of rotatable bonds is 12. The van der Waals surface area contributed by atoms with E-state index in [0.29, 0.717) is 31.0 Å². The van der Waals surface area contributed by atoms with E-state index in [2.05, 4.69) is 47.8 Å². The molecule has 1 fully saturated rings. The maximum Gasteiger partial charge on any atom is 0.316 e. The van der Waals surface area contributed by atoms with Crippen LogP contribution in [0.15, 0.2) is 42.5 Å². The highest BCUT2D eigenvalue weighted by atomic mass is 16.3. The zero-order valence-electron chi connectivity index (χ0n) is 22.1. The highest BCUT2D eigenvalue weighted by Crippen LogP contribution is 2.27.